The van der Waals surface area contributed by atoms with E-state index in [0.717, 1.165) is 25.7 Å². The van der Waals surface area contributed by atoms with Gasteiger partial charge in [0.2, 0.25) is 5.95 Å². The number of halogens is 1. The molecule has 2 heterocycles. The van der Waals surface area contributed by atoms with E-state index in [-0.39, 0.29) is 41.2 Å². The molecule has 6 N–H and O–H groups in total. The first-order valence-electron chi connectivity index (χ1n) is 10.4. The van der Waals surface area contributed by atoms with Crippen LogP contribution in [0.3, 0.4) is 0 Å². The Bertz CT molecular complexity index is 1090. The lowest BCUT2D eigenvalue weighted by Gasteiger charge is -2.29. The zero-order valence-corrected chi connectivity index (χ0v) is 18.3. The Balaban J connectivity index is 1.67. The highest BCUT2D eigenvalue weighted by Crippen LogP contribution is 2.36. The van der Waals surface area contributed by atoms with Crippen molar-refractivity contribution in [1.82, 2.24) is 25.0 Å². The summed E-state index contributed by atoms with van der Waals surface area (Å²) >= 11 is 5.85. The smallest absolute Gasteiger partial charge is 0.227 e. The van der Waals surface area contributed by atoms with Crippen molar-refractivity contribution in [3.05, 3.63) is 22.7 Å². The van der Waals surface area contributed by atoms with Gasteiger partial charge in [-0.3, -0.25) is 0 Å². The predicted octanol–water partition coefficient (Wildman–Crippen LogP) is 3.16. The number of phenols is 2. The van der Waals surface area contributed by atoms with Gasteiger partial charge >= 0.3 is 0 Å². The summed E-state index contributed by atoms with van der Waals surface area (Å²) in [6.45, 7) is 4.20. The van der Waals surface area contributed by atoms with Gasteiger partial charge in [-0.25, -0.2) is 4.68 Å². The second-order valence-corrected chi connectivity index (χ2v) is 8.56. The average Bonchev–Trinajstić information content (AvgIpc) is 3.17. The molecule has 10 nitrogen and oxygen atoms in total. The molecule has 11 heteroatoms. The van der Waals surface area contributed by atoms with Gasteiger partial charge in [-0.15, -0.1) is 5.10 Å². The number of hydrogen-bond acceptors (Lipinski definition) is 9. The second-order valence-electron chi connectivity index (χ2n) is 8.15. The van der Waals surface area contributed by atoms with Gasteiger partial charge in [-0.05, 0) is 32.8 Å². The summed E-state index contributed by atoms with van der Waals surface area (Å²) in [4.78, 5) is 9.27. The molecule has 3 aromatic rings. The maximum atomic E-state index is 10.2. The maximum Gasteiger partial charge on any atom is 0.227 e. The zero-order chi connectivity index (χ0) is 22.1. The van der Waals surface area contributed by atoms with E-state index in [4.69, 9.17) is 17.3 Å². The fourth-order valence-electron chi connectivity index (χ4n) is 3.79. The van der Waals surface area contributed by atoms with Crippen LogP contribution < -0.4 is 16.4 Å². The van der Waals surface area contributed by atoms with Gasteiger partial charge in [0.25, 0.3) is 0 Å². The second kappa shape index (κ2) is 8.72. The monoisotopic (exact) mass is 446 g/mol. The number of phenolic OH excluding ortho intramolecular Hbond substituents is 2. The number of anilines is 2. The molecule has 2 atom stereocenters. The first-order chi connectivity index (χ1) is 14.8. The van der Waals surface area contributed by atoms with Crippen LogP contribution in [0.5, 0.6) is 11.5 Å². The number of rotatable bonds is 6. The molecule has 1 aliphatic carbocycles. The Morgan fingerprint density at radius 2 is 1.97 bits per heavy atom. The summed E-state index contributed by atoms with van der Waals surface area (Å²) in [5.41, 5.74) is 7.87. The number of hydrogen-bond donors (Lipinski definition) is 5. The van der Waals surface area contributed by atoms with E-state index in [1.54, 1.807) is 10.7 Å². The van der Waals surface area contributed by atoms with Crippen LogP contribution in [0.2, 0.25) is 5.02 Å². The van der Waals surface area contributed by atoms with E-state index >= 15 is 0 Å². The van der Waals surface area contributed by atoms with Gasteiger partial charge in [0, 0.05) is 24.2 Å². The lowest BCUT2D eigenvalue weighted by Crippen LogP contribution is -2.43. The molecule has 0 radical (unpaired) electrons. The Labute approximate surface area is 184 Å². The van der Waals surface area contributed by atoms with Crippen LogP contribution in [-0.4, -0.2) is 47.3 Å². The molecular weight excluding hydrogens is 420 g/mol. The van der Waals surface area contributed by atoms with Crippen molar-refractivity contribution in [1.29, 1.82) is 0 Å². The van der Waals surface area contributed by atoms with Gasteiger partial charge in [-0.1, -0.05) is 35.7 Å². The summed E-state index contributed by atoms with van der Waals surface area (Å²) in [5, 5.41) is 35.2. The quantitative estimate of drug-likeness (QED) is 0.360. The minimum absolute atomic E-state index is 0.0478. The van der Waals surface area contributed by atoms with Crippen LogP contribution in [0.1, 0.15) is 51.1 Å². The van der Waals surface area contributed by atoms with Crippen LogP contribution in [0, 0.1) is 0 Å². The number of benzene rings is 1. The van der Waals surface area contributed by atoms with Crippen molar-refractivity contribution in [2.24, 2.45) is 5.73 Å². The summed E-state index contributed by atoms with van der Waals surface area (Å²) < 4.78 is 1.74. The van der Waals surface area contributed by atoms with E-state index in [2.05, 4.69) is 30.9 Å². The van der Waals surface area contributed by atoms with Crippen molar-refractivity contribution in [3.63, 3.8) is 0 Å². The van der Waals surface area contributed by atoms with E-state index in [1.165, 1.54) is 6.07 Å². The maximum absolute atomic E-state index is 10.2. The third-order valence-electron chi connectivity index (χ3n) is 5.58. The molecule has 4 rings (SSSR count). The fraction of sp³-hybridized carbons (Fsp3) is 0.500. The number of aromatic hydroxyl groups is 2. The largest absolute Gasteiger partial charge is 0.504 e. The van der Waals surface area contributed by atoms with E-state index in [0.29, 0.717) is 28.5 Å². The van der Waals surface area contributed by atoms with Crippen molar-refractivity contribution >= 4 is 34.5 Å². The minimum Gasteiger partial charge on any atom is -0.504 e. The molecule has 31 heavy (non-hydrogen) atoms. The normalized spacial score (nSPS) is 19.1. The zero-order valence-electron chi connectivity index (χ0n) is 17.5. The molecule has 0 bridgehead atoms. The van der Waals surface area contributed by atoms with Gasteiger partial charge in [0.15, 0.2) is 28.5 Å². The van der Waals surface area contributed by atoms with E-state index < -0.39 is 0 Å². The predicted molar refractivity (Wildman–Crippen MR) is 119 cm³/mol. The standard InChI is InChI=1S/C20H27ClN8O2/c1-10(2)29-19-15(27-28-29)18(23-9-11-7-8-12(21)17(31)16(11)30)25-20(26-19)24-14-6-4-3-5-13(14)22/h7-8,10,13-14,30-31H,3-6,9,22H2,1-2H3,(H2,23,24,25,26). The Hall–Kier alpha value is -2.85. The molecule has 1 aliphatic rings. The number of nitrogens with zero attached hydrogens (tertiary/aromatic N) is 5. The summed E-state index contributed by atoms with van der Waals surface area (Å²) in [5.74, 6) is 0.290. The molecular formula is C20H27ClN8O2. The van der Waals surface area contributed by atoms with Gasteiger partial charge in [-0.2, -0.15) is 9.97 Å². The molecule has 0 saturated heterocycles. The summed E-state index contributed by atoms with van der Waals surface area (Å²) in [6.07, 6.45) is 4.18. The molecule has 166 valence electrons. The molecule has 1 aromatic carbocycles. The van der Waals surface area contributed by atoms with Gasteiger partial charge in [0.1, 0.15) is 0 Å². The lowest BCUT2D eigenvalue weighted by atomic mass is 9.91. The molecule has 0 aliphatic heterocycles. The average molecular weight is 447 g/mol. The van der Waals surface area contributed by atoms with Crippen LogP contribution in [0.25, 0.3) is 11.2 Å². The van der Waals surface area contributed by atoms with Crippen LogP contribution >= 0.6 is 11.6 Å². The summed E-state index contributed by atoms with van der Waals surface area (Å²) in [6, 6.07) is 3.37. The molecule has 1 saturated carbocycles. The number of nitrogens with one attached hydrogen (secondary N) is 2. The first-order valence-corrected chi connectivity index (χ1v) is 10.8. The first kappa shape index (κ1) is 21.4. The topological polar surface area (TPSA) is 147 Å². The van der Waals surface area contributed by atoms with E-state index in [9.17, 15) is 10.2 Å². The van der Waals surface area contributed by atoms with Crippen molar-refractivity contribution in [2.75, 3.05) is 10.6 Å². The highest BCUT2D eigenvalue weighted by Gasteiger charge is 2.24. The van der Waals surface area contributed by atoms with Gasteiger partial charge < -0.3 is 26.6 Å². The summed E-state index contributed by atoms with van der Waals surface area (Å²) in [7, 11) is 0. The van der Waals surface area contributed by atoms with Crippen LogP contribution in [0.15, 0.2) is 12.1 Å². The van der Waals surface area contributed by atoms with Crippen molar-refractivity contribution in [2.45, 2.75) is 64.2 Å². The third-order valence-corrected chi connectivity index (χ3v) is 5.88. The molecule has 1 fully saturated rings. The Kier molecular flexibility index (Phi) is 6.01. The van der Waals surface area contributed by atoms with E-state index in [1.807, 2.05) is 13.8 Å². The Morgan fingerprint density at radius 1 is 1.19 bits per heavy atom. The molecule has 0 amide bonds. The number of fused-ring (bicyclic) bond motifs is 1. The molecule has 0 spiro atoms. The van der Waals surface area contributed by atoms with Crippen LogP contribution in [-0.2, 0) is 6.54 Å². The Morgan fingerprint density at radius 3 is 2.71 bits per heavy atom. The highest BCUT2D eigenvalue weighted by atomic mass is 35.5. The lowest BCUT2D eigenvalue weighted by molar-refractivity contribution is 0.400. The molecule has 2 aromatic heterocycles. The fourth-order valence-corrected chi connectivity index (χ4v) is 3.94. The highest BCUT2D eigenvalue weighted by molar-refractivity contribution is 6.32. The third kappa shape index (κ3) is 4.31. The number of nitrogens with two attached hydrogens (primary N) is 1. The minimum atomic E-state index is -0.354. The van der Waals surface area contributed by atoms with Crippen molar-refractivity contribution < 1.29 is 10.2 Å². The van der Waals surface area contributed by atoms with Crippen molar-refractivity contribution in [3.8, 4) is 11.5 Å². The molecule has 2 unspecified atom stereocenters. The SMILES string of the molecule is CC(C)n1nnc2c(NCc3ccc(Cl)c(O)c3O)nc(NC3CCCCC3N)nc21. The number of aromatic nitrogens is 5. The van der Waals surface area contributed by atoms with Gasteiger partial charge in [0.05, 0.1) is 11.1 Å². The van der Waals surface area contributed by atoms with Crippen LogP contribution in [0.4, 0.5) is 11.8 Å².